The fraction of sp³-hybridized carbons (Fsp3) is 0.556. The Kier molecular flexibility index (Phi) is 3.49. The maximum absolute atomic E-state index is 5.63. The van der Waals surface area contributed by atoms with Crippen LogP contribution >= 0.6 is 0 Å². The van der Waals surface area contributed by atoms with Crippen molar-refractivity contribution in [2.24, 2.45) is 0 Å². The molecule has 1 aromatic heterocycles. The van der Waals surface area contributed by atoms with Gasteiger partial charge in [-0.05, 0) is 12.8 Å². The van der Waals surface area contributed by atoms with Gasteiger partial charge in [-0.3, -0.25) is 0 Å². The van der Waals surface area contributed by atoms with Crippen LogP contribution in [0.15, 0.2) is 6.33 Å². The Balaban J connectivity index is 2.85. The third-order valence-electron chi connectivity index (χ3n) is 1.88. The first-order valence-corrected chi connectivity index (χ1v) is 4.43. The van der Waals surface area contributed by atoms with E-state index in [1.807, 2.05) is 0 Å². The molecule has 0 atom stereocenters. The van der Waals surface area contributed by atoms with Crippen LogP contribution in [-0.4, -0.2) is 17.1 Å². The summed E-state index contributed by atoms with van der Waals surface area (Å²) in [7, 11) is 1.59. The smallest absolute Gasteiger partial charge is 0.182 e. The van der Waals surface area contributed by atoms with E-state index in [2.05, 4.69) is 16.9 Å². The summed E-state index contributed by atoms with van der Waals surface area (Å²) in [6.45, 7) is 2.14. The Bertz CT molecular complexity index is 276. The van der Waals surface area contributed by atoms with Crippen LogP contribution in [0.4, 0.5) is 5.82 Å². The van der Waals surface area contributed by atoms with Gasteiger partial charge in [-0.2, -0.15) is 0 Å². The summed E-state index contributed by atoms with van der Waals surface area (Å²) < 4.78 is 5.12. The van der Waals surface area contributed by atoms with Gasteiger partial charge >= 0.3 is 0 Å². The number of methoxy groups -OCH3 is 1. The predicted molar refractivity (Wildman–Crippen MR) is 51.6 cm³/mol. The lowest BCUT2D eigenvalue weighted by molar-refractivity contribution is 0.406. The van der Waals surface area contributed by atoms with Crippen molar-refractivity contribution in [1.29, 1.82) is 0 Å². The van der Waals surface area contributed by atoms with E-state index in [-0.39, 0.29) is 0 Å². The normalized spacial score (nSPS) is 10.0. The molecule has 72 valence electrons. The van der Waals surface area contributed by atoms with Crippen LogP contribution in [-0.2, 0) is 6.42 Å². The van der Waals surface area contributed by atoms with E-state index in [9.17, 15) is 0 Å². The average Bonchev–Trinajstić information content (AvgIpc) is 2.15. The summed E-state index contributed by atoms with van der Waals surface area (Å²) in [5.41, 5.74) is 6.53. The zero-order chi connectivity index (χ0) is 9.68. The molecule has 1 rings (SSSR count). The van der Waals surface area contributed by atoms with Crippen LogP contribution in [0.2, 0.25) is 0 Å². The van der Waals surface area contributed by atoms with Crippen molar-refractivity contribution in [1.82, 2.24) is 9.97 Å². The summed E-state index contributed by atoms with van der Waals surface area (Å²) in [6, 6.07) is 0. The molecule has 0 aliphatic rings. The Labute approximate surface area is 78.1 Å². The molecule has 13 heavy (non-hydrogen) atoms. The minimum Gasteiger partial charge on any atom is -0.491 e. The predicted octanol–water partition coefficient (Wildman–Crippen LogP) is 1.41. The lowest BCUT2D eigenvalue weighted by Crippen LogP contribution is -2.02. The number of hydrogen-bond donors (Lipinski definition) is 1. The topological polar surface area (TPSA) is 61.0 Å². The van der Waals surface area contributed by atoms with Crippen LogP contribution in [0.25, 0.3) is 0 Å². The molecule has 0 saturated heterocycles. The van der Waals surface area contributed by atoms with Gasteiger partial charge in [0.25, 0.3) is 0 Å². The van der Waals surface area contributed by atoms with E-state index in [4.69, 9.17) is 10.5 Å². The van der Waals surface area contributed by atoms with E-state index in [0.29, 0.717) is 11.6 Å². The number of hydrogen-bond acceptors (Lipinski definition) is 4. The second kappa shape index (κ2) is 4.64. The maximum atomic E-state index is 5.63. The van der Waals surface area contributed by atoms with Gasteiger partial charge in [-0.1, -0.05) is 13.3 Å². The van der Waals surface area contributed by atoms with E-state index in [1.165, 1.54) is 6.33 Å². The number of aromatic nitrogens is 2. The molecule has 0 unspecified atom stereocenters. The molecule has 0 aromatic carbocycles. The molecule has 2 N–H and O–H groups in total. The summed E-state index contributed by atoms with van der Waals surface area (Å²) >= 11 is 0. The molecular weight excluding hydrogens is 166 g/mol. The van der Waals surface area contributed by atoms with E-state index in [0.717, 1.165) is 25.0 Å². The molecule has 0 saturated carbocycles. The van der Waals surface area contributed by atoms with Crippen molar-refractivity contribution in [3.8, 4) is 5.75 Å². The molecule has 4 nitrogen and oxygen atoms in total. The largest absolute Gasteiger partial charge is 0.491 e. The highest BCUT2D eigenvalue weighted by molar-refractivity contribution is 5.47. The highest BCUT2D eigenvalue weighted by Gasteiger charge is 2.07. The van der Waals surface area contributed by atoms with Crippen molar-refractivity contribution in [3.63, 3.8) is 0 Å². The molecule has 1 heterocycles. The summed E-state index contributed by atoms with van der Waals surface area (Å²) in [6.07, 6.45) is 4.59. The second-order valence-corrected chi connectivity index (χ2v) is 2.84. The first-order valence-electron chi connectivity index (χ1n) is 4.43. The number of ether oxygens (including phenoxy) is 1. The standard InChI is InChI=1S/C9H15N3O/c1-3-4-5-7-8(13-2)9(10)12-6-11-7/h6H,3-5H2,1-2H3,(H2,10,11,12). The van der Waals surface area contributed by atoms with Crippen LogP contribution in [0.5, 0.6) is 5.75 Å². The number of nitrogens with two attached hydrogens (primary N) is 1. The average molecular weight is 181 g/mol. The zero-order valence-electron chi connectivity index (χ0n) is 8.08. The second-order valence-electron chi connectivity index (χ2n) is 2.84. The highest BCUT2D eigenvalue weighted by Crippen LogP contribution is 2.22. The van der Waals surface area contributed by atoms with Crippen molar-refractivity contribution in [3.05, 3.63) is 12.0 Å². The lowest BCUT2D eigenvalue weighted by atomic mass is 10.2. The van der Waals surface area contributed by atoms with Crippen molar-refractivity contribution in [2.45, 2.75) is 26.2 Å². The van der Waals surface area contributed by atoms with Crippen LogP contribution in [0.3, 0.4) is 0 Å². The minimum absolute atomic E-state index is 0.420. The van der Waals surface area contributed by atoms with Crippen molar-refractivity contribution < 1.29 is 4.74 Å². The molecule has 1 aromatic rings. The number of aryl methyl sites for hydroxylation is 1. The zero-order valence-corrected chi connectivity index (χ0v) is 8.08. The minimum atomic E-state index is 0.420. The van der Waals surface area contributed by atoms with Crippen LogP contribution in [0.1, 0.15) is 25.5 Å². The molecule has 0 aliphatic carbocycles. The number of nitrogen functional groups attached to an aromatic ring is 1. The molecule has 0 bridgehead atoms. The highest BCUT2D eigenvalue weighted by atomic mass is 16.5. The summed E-state index contributed by atoms with van der Waals surface area (Å²) in [5.74, 6) is 1.04. The molecule has 0 amide bonds. The van der Waals surface area contributed by atoms with Crippen LogP contribution in [0, 0.1) is 0 Å². The van der Waals surface area contributed by atoms with Crippen molar-refractivity contribution in [2.75, 3.05) is 12.8 Å². The van der Waals surface area contributed by atoms with E-state index < -0.39 is 0 Å². The van der Waals surface area contributed by atoms with Gasteiger partial charge in [0.2, 0.25) is 0 Å². The number of rotatable bonds is 4. The van der Waals surface area contributed by atoms with Crippen LogP contribution < -0.4 is 10.5 Å². The van der Waals surface area contributed by atoms with E-state index >= 15 is 0 Å². The van der Waals surface area contributed by atoms with E-state index in [1.54, 1.807) is 7.11 Å². The van der Waals surface area contributed by atoms with Gasteiger partial charge in [0, 0.05) is 0 Å². The Hall–Kier alpha value is -1.32. The third-order valence-corrected chi connectivity index (χ3v) is 1.88. The molecule has 0 spiro atoms. The summed E-state index contributed by atoms with van der Waals surface area (Å²) in [4.78, 5) is 7.99. The Morgan fingerprint density at radius 1 is 1.46 bits per heavy atom. The number of nitrogens with zero attached hydrogens (tertiary/aromatic N) is 2. The number of unbranched alkanes of at least 4 members (excludes halogenated alkanes) is 1. The van der Waals surface area contributed by atoms with Gasteiger partial charge < -0.3 is 10.5 Å². The Morgan fingerprint density at radius 3 is 2.85 bits per heavy atom. The number of anilines is 1. The fourth-order valence-corrected chi connectivity index (χ4v) is 1.17. The SMILES string of the molecule is CCCCc1ncnc(N)c1OC. The van der Waals surface area contributed by atoms with Gasteiger partial charge in [-0.15, -0.1) is 0 Å². The van der Waals surface area contributed by atoms with Gasteiger partial charge in [0.15, 0.2) is 11.6 Å². The summed E-state index contributed by atoms with van der Waals surface area (Å²) in [5, 5.41) is 0. The lowest BCUT2D eigenvalue weighted by Gasteiger charge is -2.07. The monoisotopic (exact) mass is 181 g/mol. The Morgan fingerprint density at radius 2 is 2.23 bits per heavy atom. The molecular formula is C9H15N3O. The molecule has 0 aliphatic heterocycles. The molecule has 0 radical (unpaired) electrons. The molecule has 4 heteroatoms. The van der Waals surface area contributed by atoms with Gasteiger partial charge in [-0.25, -0.2) is 9.97 Å². The molecule has 0 fully saturated rings. The first-order chi connectivity index (χ1) is 6.29. The van der Waals surface area contributed by atoms with Gasteiger partial charge in [0.1, 0.15) is 6.33 Å². The first kappa shape index (κ1) is 9.77. The maximum Gasteiger partial charge on any atom is 0.182 e. The van der Waals surface area contributed by atoms with Gasteiger partial charge in [0.05, 0.1) is 12.8 Å². The third kappa shape index (κ3) is 2.31. The fourth-order valence-electron chi connectivity index (χ4n) is 1.17. The quantitative estimate of drug-likeness (QED) is 0.762. The van der Waals surface area contributed by atoms with Crippen molar-refractivity contribution >= 4 is 5.82 Å².